The van der Waals surface area contributed by atoms with Crippen molar-refractivity contribution < 1.29 is 9.53 Å². The van der Waals surface area contributed by atoms with Crippen LogP contribution in [0.3, 0.4) is 0 Å². The van der Waals surface area contributed by atoms with Crippen molar-refractivity contribution in [2.24, 2.45) is 0 Å². The number of carbonyl (C=O) groups is 1. The fourth-order valence-corrected chi connectivity index (χ4v) is 2.95. The van der Waals surface area contributed by atoms with Gasteiger partial charge in [0, 0.05) is 18.9 Å². The van der Waals surface area contributed by atoms with Crippen LogP contribution in [0.1, 0.15) is 12.5 Å². The molecule has 23 heavy (non-hydrogen) atoms. The molecule has 0 aliphatic rings. The predicted octanol–water partition coefficient (Wildman–Crippen LogP) is 2.76. The molecule has 1 atom stereocenters. The van der Waals surface area contributed by atoms with Gasteiger partial charge in [-0.15, -0.1) is 11.8 Å². The number of rotatable bonds is 7. The monoisotopic (exact) mass is 395 g/mol. The summed E-state index contributed by atoms with van der Waals surface area (Å²) in [5.74, 6) is 0.792. The smallest absolute Gasteiger partial charge is 0.248 e. The number of thioether (sulfide) groups is 1. The second-order valence-electron chi connectivity index (χ2n) is 4.74. The maximum absolute atomic E-state index is 11.7. The molecule has 0 unspecified atom stereocenters. The maximum Gasteiger partial charge on any atom is 0.248 e. The van der Waals surface area contributed by atoms with Crippen molar-refractivity contribution in [3.63, 3.8) is 0 Å². The number of carbonyl (C=O) groups excluding carboxylic acids is 1. The highest BCUT2D eigenvalue weighted by atomic mass is 35.5. The van der Waals surface area contributed by atoms with E-state index in [0.717, 1.165) is 5.56 Å². The maximum atomic E-state index is 11.7. The highest BCUT2D eigenvalue weighted by molar-refractivity contribution is 7.99. The van der Waals surface area contributed by atoms with Gasteiger partial charge in [0.15, 0.2) is 5.11 Å². The van der Waals surface area contributed by atoms with Gasteiger partial charge in [-0.3, -0.25) is 15.6 Å². The van der Waals surface area contributed by atoms with Crippen LogP contribution >= 0.6 is 47.2 Å². The summed E-state index contributed by atoms with van der Waals surface area (Å²) in [6, 6.07) is 5.48. The molecule has 1 rings (SSSR count). The number of hydrazine groups is 1. The Bertz CT molecular complexity index is 547. The number of ether oxygens (including phenoxy) is 1. The van der Waals surface area contributed by atoms with Crippen molar-refractivity contribution in [3.05, 3.63) is 33.8 Å². The van der Waals surface area contributed by atoms with E-state index in [1.165, 1.54) is 11.8 Å². The molecule has 128 valence electrons. The van der Waals surface area contributed by atoms with Gasteiger partial charge in [-0.1, -0.05) is 29.3 Å². The number of amides is 1. The lowest BCUT2D eigenvalue weighted by Gasteiger charge is -2.16. The molecule has 0 radical (unpaired) electrons. The van der Waals surface area contributed by atoms with E-state index in [0.29, 0.717) is 33.3 Å². The van der Waals surface area contributed by atoms with E-state index in [4.69, 9.17) is 40.2 Å². The van der Waals surface area contributed by atoms with Crippen molar-refractivity contribution in [1.82, 2.24) is 16.2 Å². The lowest BCUT2D eigenvalue weighted by Crippen LogP contribution is -2.50. The Morgan fingerprint density at radius 1 is 1.35 bits per heavy atom. The normalized spacial score (nSPS) is 11.7. The zero-order valence-electron chi connectivity index (χ0n) is 12.8. The van der Waals surface area contributed by atoms with E-state index in [1.54, 1.807) is 19.2 Å². The topological polar surface area (TPSA) is 62.4 Å². The van der Waals surface area contributed by atoms with Gasteiger partial charge in [0.2, 0.25) is 5.91 Å². The van der Waals surface area contributed by atoms with Gasteiger partial charge in [-0.25, -0.2) is 0 Å². The first kappa shape index (κ1) is 20.3. The standard InChI is InChI=1S/C14H19Cl2N3O2S2/c1-9(6-21-2)17-14(22)19-18-13(20)8-23-7-10-3-4-11(15)12(16)5-10/h3-5,9H,6-8H2,1-2H3,(H,18,20)(H2,17,19,22)/t9-/m1/s1. The highest BCUT2D eigenvalue weighted by Gasteiger charge is 2.06. The van der Waals surface area contributed by atoms with Crippen LogP contribution in [0.15, 0.2) is 18.2 Å². The van der Waals surface area contributed by atoms with E-state index in [1.807, 2.05) is 13.0 Å². The summed E-state index contributed by atoms with van der Waals surface area (Å²) in [4.78, 5) is 11.7. The number of benzene rings is 1. The van der Waals surface area contributed by atoms with E-state index in [2.05, 4.69) is 16.2 Å². The molecule has 0 saturated carbocycles. The number of methoxy groups -OCH3 is 1. The van der Waals surface area contributed by atoms with Crippen LogP contribution in [-0.4, -0.2) is 36.5 Å². The average molecular weight is 396 g/mol. The molecule has 3 N–H and O–H groups in total. The molecule has 1 aromatic rings. The molecule has 0 saturated heterocycles. The lowest BCUT2D eigenvalue weighted by molar-refractivity contribution is -0.119. The zero-order valence-corrected chi connectivity index (χ0v) is 16.0. The molecule has 5 nitrogen and oxygen atoms in total. The van der Waals surface area contributed by atoms with Crippen LogP contribution in [0.2, 0.25) is 10.0 Å². The first-order valence-corrected chi connectivity index (χ1v) is 9.10. The van der Waals surface area contributed by atoms with Gasteiger partial charge in [-0.2, -0.15) is 0 Å². The van der Waals surface area contributed by atoms with E-state index in [-0.39, 0.29) is 11.9 Å². The first-order valence-electron chi connectivity index (χ1n) is 6.78. The van der Waals surface area contributed by atoms with Gasteiger partial charge in [-0.05, 0) is 36.8 Å². The van der Waals surface area contributed by atoms with Gasteiger partial charge >= 0.3 is 0 Å². The molecule has 0 fully saturated rings. The lowest BCUT2D eigenvalue weighted by atomic mass is 10.2. The Kier molecular flexibility index (Phi) is 9.66. The minimum Gasteiger partial charge on any atom is -0.383 e. The fourth-order valence-electron chi connectivity index (χ4n) is 1.61. The minimum absolute atomic E-state index is 0.0564. The van der Waals surface area contributed by atoms with Crippen LogP contribution in [0.25, 0.3) is 0 Å². The Labute approximate surface area is 155 Å². The largest absolute Gasteiger partial charge is 0.383 e. The Morgan fingerprint density at radius 2 is 2.09 bits per heavy atom. The van der Waals surface area contributed by atoms with Crippen molar-refractivity contribution in [3.8, 4) is 0 Å². The molecule has 1 aromatic carbocycles. The number of nitrogens with one attached hydrogen (secondary N) is 3. The molecule has 0 heterocycles. The third-order valence-corrected chi connectivity index (χ3v) is 4.56. The van der Waals surface area contributed by atoms with Gasteiger partial charge in [0.25, 0.3) is 0 Å². The molecular formula is C14H19Cl2N3O2S2. The van der Waals surface area contributed by atoms with E-state index < -0.39 is 0 Å². The first-order chi connectivity index (χ1) is 10.9. The summed E-state index contributed by atoms with van der Waals surface area (Å²) >= 11 is 18.3. The fraction of sp³-hybridized carbons (Fsp3) is 0.429. The summed E-state index contributed by atoms with van der Waals surface area (Å²) < 4.78 is 4.98. The van der Waals surface area contributed by atoms with Gasteiger partial charge < -0.3 is 10.1 Å². The van der Waals surface area contributed by atoms with Crippen LogP contribution < -0.4 is 16.2 Å². The minimum atomic E-state index is -0.168. The van der Waals surface area contributed by atoms with E-state index >= 15 is 0 Å². The quantitative estimate of drug-likeness (QED) is 0.487. The molecule has 0 aromatic heterocycles. The second-order valence-corrected chi connectivity index (χ2v) is 6.95. The molecule has 9 heteroatoms. The van der Waals surface area contributed by atoms with Crippen LogP contribution in [0.5, 0.6) is 0 Å². The predicted molar refractivity (Wildman–Crippen MR) is 101 cm³/mol. The van der Waals surface area contributed by atoms with Crippen molar-refractivity contribution in [2.75, 3.05) is 19.5 Å². The van der Waals surface area contributed by atoms with Gasteiger partial charge in [0.1, 0.15) is 0 Å². The van der Waals surface area contributed by atoms with Crippen molar-refractivity contribution >= 4 is 58.2 Å². The Morgan fingerprint density at radius 3 is 2.74 bits per heavy atom. The van der Waals surface area contributed by atoms with E-state index in [9.17, 15) is 4.79 Å². The van der Waals surface area contributed by atoms with Crippen molar-refractivity contribution in [1.29, 1.82) is 0 Å². The zero-order chi connectivity index (χ0) is 17.2. The van der Waals surface area contributed by atoms with Crippen LogP contribution in [-0.2, 0) is 15.3 Å². The molecule has 0 aliphatic carbocycles. The Balaban J connectivity index is 2.21. The van der Waals surface area contributed by atoms with Crippen LogP contribution in [0.4, 0.5) is 0 Å². The number of hydrogen-bond donors (Lipinski definition) is 3. The summed E-state index contributed by atoms with van der Waals surface area (Å²) in [5, 5.41) is 4.35. The summed E-state index contributed by atoms with van der Waals surface area (Å²) in [5.41, 5.74) is 6.20. The van der Waals surface area contributed by atoms with Gasteiger partial charge in [0.05, 0.1) is 22.4 Å². The third kappa shape index (κ3) is 8.62. The summed E-state index contributed by atoms with van der Waals surface area (Å²) in [6.07, 6.45) is 0. The molecule has 0 spiro atoms. The number of thiocarbonyl (C=S) groups is 1. The second kappa shape index (κ2) is 10.9. The highest BCUT2D eigenvalue weighted by Crippen LogP contribution is 2.24. The number of hydrogen-bond acceptors (Lipinski definition) is 4. The average Bonchev–Trinajstić information content (AvgIpc) is 2.49. The molecule has 1 amide bonds. The van der Waals surface area contributed by atoms with Crippen molar-refractivity contribution in [2.45, 2.75) is 18.7 Å². The van der Waals surface area contributed by atoms with Crippen LogP contribution in [0, 0.1) is 0 Å². The third-order valence-electron chi connectivity index (χ3n) is 2.60. The summed E-state index contributed by atoms with van der Waals surface area (Å²) in [6.45, 7) is 2.45. The molecule has 0 aliphatic heterocycles. The summed E-state index contributed by atoms with van der Waals surface area (Å²) in [7, 11) is 1.61. The molecule has 0 bridgehead atoms. The SMILES string of the molecule is COC[C@@H](C)NC(=S)NNC(=O)CSCc1ccc(Cl)c(Cl)c1. The molecular weight excluding hydrogens is 377 g/mol. The number of halogens is 2. The Hall–Kier alpha value is -0.730.